The first-order chi connectivity index (χ1) is 11.5. The van der Waals surface area contributed by atoms with E-state index in [2.05, 4.69) is 10.4 Å². The lowest BCUT2D eigenvalue weighted by Crippen LogP contribution is -2.29. The minimum Gasteiger partial charge on any atom is -0.338 e. The van der Waals surface area contributed by atoms with E-state index in [0.717, 1.165) is 17.7 Å². The predicted octanol–water partition coefficient (Wildman–Crippen LogP) is 2.37. The molecule has 1 saturated heterocycles. The second kappa shape index (κ2) is 6.47. The summed E-state index contributed by atoms with van der Waals surface area (Å²) in [5, 5.41) is 7.05. The number of anilines is 1. The number of hydrogen-bond donors (Lipinski definition) is 1. The Morgan fingerprint density at radius 2 is 2.04 bits per heavy atom. The molecule has 1 N–H and O–H groups in total. The minimum atomic E-state index is -0.407. The number of likely N-dealkylation sites (tertiary alicyclic amines) is 1. The second-order valence-electron chi connectivity index (χ2n) is 6.24. The van der Waals surface area contributed by atoms with E-state index in [-0.39, 0.29) is 24.3 Å². The quantitative estimate of drug-likeness (QED) is 0.938. The van der Waals surface area contributed by atoms with Crippen LogP contribution in [-0.2, 0) is 16.1 Å². The van der Waals surface area contributed by atoms with Crippen molar-refractivity contribution < 1.29 is 9.59 Å². The topological polar surface area (TPSA) is 67.2 Å². The van der Waals surface area contributed by atoms with Gasteiger partial charge >= 0.3 is 0 Å². The van der Waals surface area contributed by atoms with Crippen molar-refractivity contribution in [3.63, 3.8) is 0 Å². The first-order valence-corrected chi connectivity index (χ1v) is 8.15. The molecule has 1 aliphatic heterocycles. The number of carbonyl (C=O) groups excluding carboxylic acids is 2. The molecule has 6 heteroatoms. The standard InChI is InChI=1S/C18H22N4O2/c1-4-22-11-14(10-19-22)20-18(24)15-9-16(23)21(3)17(15)13-7-5-12(2)6-8-13/h5-8,10-11,15,17H,4,9H2,1-3H3,(H,20,24)/t15-,17-/m0/s1. The number of aromatic nitrogens is 2. The zero-order valence-corrected chi connectivity index (χ0v) is 14.2. The summed E-state index contributed by atoms with van der Waals surface area (Å²) in [7, 11) is 1.76. The minimum absolute atomic E-state index is 0.00928. The van der Waals surface area contributed by atoms with E-state index in [1.54, 1.807) is 29.0 Å². The average Bonchev–Trinajstić information content (AvgIpc) is 3.14. The van der Waals surface area contributed by atoms with E-state index in [0.29, 0.717) is 5.69 Å². The van der Waals surface area contributed by atoms with Gasteiger partial charge in [-0.05, 0) is 19.4 Å². The van der Waals surface area contributed by atoms with E-state index in [9.17, 15) is 9.59 Å². The Bertz CT molecular complexity index is 751. The Morgan fingerprint density at radius 3 is 2.67 bits per heavy atom. The van der Waals surface area contributed by atoms with Crippen LogP contribution in [0.25, 0.3) is 0 Å². The van der Waals surface area contributed by atoms with Gasteiger partial charge in [0.2, 0.25) is 11.8 Å². The van der Waals surface area contributed by atoms with Gasteiger partial charge in [0.25, 0.3) is 0 Å². The number of nitrogens with zero attached hydrogens (tertiary/aromatic N) is 3. The molecule has 2 heterocycles. The zero-order chi connectivity index (χ0) is 17.3. The van der Waals surface area contributed by atoms with Crippen LogP contribution in [0.15, 0.2) is 36.7 Å². The predicted molar refractivity (Wildman–Crippen MR) is 91.3 cm³/mol. The number of hydrogen-bond acceptors (Lipinski definition) is 3. The van der Waals surface area contributed by atoms with E-state index >= 15 is 0 Å². The van der Waals surface area contributed by atoms with Crippen molar-refractivity contribution in [2.45, 2.75) is 32.9 Å². The molecule has 2 atom stereocenters. The van der Waals surface area contributed by atoms with Crippen LogP contribution in [0.3, 0.4) is 0 Å². The summed E-state index contributed by atoms with van der Waals surface area (Å²) in [5.41, 5.74) is 2.79. The molecule has 1 aliphatic rings. The lowest BCUT2D eigenvalue weighted by Gasteiger charge is -2.25. The van der Waals surface area contributed by atoms with Gasteiger partial charge in [-0.25, -0.2) is 0 Å². The van der Waals surface area contributed by atoms with E-state index in [4.69, 9.17) is 0 Å². The van der Waals surface area contributed by atoms with Crippen molar-refractivity contribution in [3.05, 3.63) is 47.8 Å². The van der Waals surface area contributed by atoms with Crippen molar-refractivity contribution in [1.82, 2.24) is 14.7 Å². The summed E-state index contributed by atoms with van der Waals surface area (Å²) in [5.74, 6) is -0.561. The van der Waals surface area contributed by atoms with E-state index < -0.39 is 5.92 Å². The molecule has 126 valence electrons. The van der Waals surface area contributed by atoms with Crippen LogP contribution < -0.4 is 5.32 Å². The highest BCUT2D eigenvalue weighted by molar-refractivity contribution is 5.97. The summed E-state index contributed by atoms with van der Waals surface area (Å²) in [6, 6.07) is 7.76. The van der Waals surface area contributed by atoms with Crippen molar-refractivity contribution in [2.75, 3.05) is 12.4 Å². The molecule has 0 unspecified atom stereocenters. The van der Waals surface area contributed by atoms with Gasteiger partial charge in [0.1, 0.15) is 0 Å². The van der Waals surface area contributed by atoms with Crippen LogP contribution in [-0.4, -0.2) is 33.5 Å². The summed E-state index contributed by atoms with van der Waals surface area (Å²) in [6.45, 7) is 4.74. The molecule has 0 bridgehead atoms. The van der Waals surface area contributed by atoms with Gasteiger partial charge in [-0.3, -0.25) is 14.3 Å². The van der Waals surface area contributed by atoms with Gasteiger partial charge in [0, 0.05) is 26.2 Å². The monoisotopic (exact) mass is 326 g/mol. The van der Waals surface area contributed by atoms with Crippen LogP contribution in [0.1, 0.15) is 30.5 Å². The Kier molecular flexibility index (Phi) is 4.38. The summed E-state index contributed by atoms with van der Waals surface area (Å²) in [6.07, 6.45) is 3.64. The largest absolute Gasteiger partial charge is 0.338 e. The first-order valence-electron chi connectivity index (χ1n) is 8.15. The highest BCUT2D eigenvalue weighted by Crippen LogP contribution is 2.37. The van der Waals surface area contributed by atoms with Crippen LogP contribution in [0.5, 0.6) is 0 Å². The number of benzene rings is 1. The number of amides is 2. The number of rotatable bonds is 4. The lowest BCUT2D eigenvalue weighted by molar-refractivity contribution is -0.127. The number of carbonyl (C=O) groups is 2. The van der Waals surface area contributed by atoms with Crippen molar-refractivity contribution in [1.29, 1.82) is 0 Å². The molecule has 1 aromatic heterocycles. The molecule has 0 saturated carbocycles. The first kappa shape index (κ1) is 16.2. The van der Waals surface area contributed by atoms with E-state index in [1.165, 1.54) is 0 Å². The maximum atomic E-state index is 12.7. The fourth-order valence-corrected chi connectivity index (χ4v) is 3.16. The molecule has 0 spiro atoms. The van der Waals surface area contributed by atoms with Crippen molar-refractivity contribution in [3.8, 4) is 0 Å². The molecular formula is C18H22N4O2. The molecule has 0 radical (unpaired) electrons. The molecule has 2 amide bonds. The number of nitrogens with one attached hydrogen (secondary N) is 1. The van der Waals surface area contributed by atoms with Gasteiger partial charge in [-0.15, -0.1) is 0 Å². The molecule has 3 rings (SSSR count). The van der Waals surface area contributed by atoms with Crippen molar-refractivity contribution >= 4 is 17.5 Å². The van der Waals surface area contributed by atoms with Gasteiger partial charge in [0.15, 0.2) is 0 Å². The van der Waals surface area contributed by atoms with Gasteiger partial charge in [0.05, 0.1) is 23.8 Å². The Balaban J connectivity index is 1.82. The highest BCUT2D eigenvalue weighted by atomic mass is 16.2. The zero-order valence-electron chi connectivity index (χ0n) is 14.2. The summed E-state index contributed by atoms with van der Waals surface area (Å²) < 4.78 is 1.75. The maximum Gasteiger partial charge on any atom is 0.230 e. The summed E-state index contributed by atoms with van der Waals surface area (Å²) in [4.78, 5) is 26.6. The molecule has 2 aromatic rings. The van der Waals surface area contributed by atoms with Crippen LogP contribution in [0.4, 0.5) is 5.69 Å². The van der Waals surface area contributed by atoms with Gasteiger partial charge in [-0.1, -0.05) is 29.8 Å². The van der Waals surface area contributed by atoms with E-state index in [1.807, 2.05) is 38.1 Å². The molecule has 1 fully saturated rings. The number of aryl methyl sites for hydroxylation is 2. The molecule has 0 aliphatic carbocycles. The fraction of sp³-hybridized carbons (Fsp3) is 0.389. The Morgan fingerprint density at radius 1 is 1.33 bits per heavy atom. The smallest absolute Gasteiger partial charge is 0.230 e. The average molecular weight is 326 g/mol. The Hall–Kier alpha value is -2.63. The SMILES string of the molecule is CCn1cc(NC(=O)[C@H]2CC(=O)N(C)[C@H]2c2ccc(C)cc2)cn1. The van der Waals surface area contributed by atoms with Crippen LogP contribution in [0, 0.1) is 12.8 Å². The molecular weight excluding hydrogens is 304 g/mol. The molecule has 6 nitrogen and oxygen atoms in total. The van der Waals surface area contributed by atoms with Gasteiger partial charge < -0.3 is 10.2 Å². The molecule has 1 aromatic carbocycles. The normalized spacial score (nSPS) is 20.5. The highest BCUT2D eigenvalue weighted by Gasteiger charge is 2.42. The summed E-state index contributed by atoms with van der Waals surface area (Å²) >= 11 is 0. The fourth-order valence-electron chi connectivity index (χ4n) is 3.16. The third kappa shape index (κ3) is 3.04. The van der Waals surface area contributed by atoms with Crippen molar-refractivity contribution in [2.24, 2.45) is 5.92 Å². The second-order valence-corrected chi connectivity index (χ2v) is 6.24. The van der Waals surface area contributed by atoms with Crippen LogP contribution in [0.2, 0.25) is 0 Å². The maximum absolute atomic E-state index is 12.7. The van der Waals surface area contributed by atoms with Gasteiger partial charge in [-0.2, -0.15) is 5.10 Å². The third-order valence-corrected chi connectivity index (χ3v) is 4.57. The van der Waals surface area contributed by atoms with Crippen LogP contribution >= 0.6 is 0 Å². The Labute approximate surface area is 141 Å². The lowest BCUT2D eigenvalue weighted by atomic mass is 9.92. The molecule has 24 heavy (non-hydrogen) atoms. The third-order valence-electron chi connectivity index (χ3n) is 4.57.